The molecule has 0 radical (unpaired) electrons. The van der Waals surface area contributed by atoms with E-state index in [1.165, 1.54) is 37.1 Å². The molecule has 0 aliphatic heterocycles. The van der Waals surface area contributed by atoms with Gasteiger partial charge in [-0.25, -0.2) is 4.79 Å². The third kappa shape index (κ3) is 3.84. The summed E-state index contributed by atoms with van der Waals surface area (Å²) in [5.74, 6) is -1.01. The maximum Gasteiger partial charge on any atom is 0.342 e. The third-order valence-electron chi connectivity index (χ3n) is 3.53. The molecule has 1 amide bonds. The minimum Gasteiger partial charge on any atom is -0.507 e. The van der Waals surface area contributed by atoms with Gasteiger partial charge in [0.25, 0.3) is 5.91 Å². The number of carbonyl (C=O) groups is 2. The quantitative estimate of drug-likeness (QED) is 0.853. The van der Waals surface area contributed by atoms with E-state index in [2.05, 4.69) is 0 Å². The van der Waals surface area contributed by atoms with Crippen LogP contribution >= 0.6 is 0 Å². The minimum absolute atomic E-state index is 0.0589. The summed E-state index contributed by atoms with van der Waals surface area (Å²) in [6.45, 7) is 1.48. The van der Waals surface area contributed by atoms with Gasteiger partial charge in [0.2, 0.25) is 0 Å². The van der Waals surface area contributed by atoms with Gasteiger partial charge in [0.15, 0.2) is 6.10 Å². The fraction of sp³-hybridized carbons (Fsp3) is 0.222. The Hall–Kier alpha value is -3.02. The number of phenols is 1. The number of esters is 1. The molecule has 0 saturated heterocycles. The van der Waals surface area contributed by atoms with Crippen LogP contribution in [-0.2, 0) is 9.53 Å². The smallest absolute Gasteiger partial charge is 0.342 e. The largest absolute Gasteiger partial charge is 0.507 e. The number of rotatable bonds is 5. The monoisotopic (exact) mass is 329 g/mol. The lowest BCUT2D eigenvalue weighted by atomic mass is 10.2. The average Bonchev–Trinajstić information content (AvgIpc) is 2.61. The summed E-state index contributed by atoms with van der Waals surface area (Å²) in [7, 11) is 3.05. The highest BCUT2D eigenvalue weighted by Crippen LogP contribution is 2.24. The van der Waals surface area contributed by atoms with E-state index in [0.29, 0.717) is 11.4 Å². The highest BCUT2D eigenvalue weighted by Gasteiger charge is 2.24. The van der Waals surface area contributed by atoms with Crippen LogP contribution in [0, 0.1) is 0 Å². The lowest BCUT2D eigenvalue weighted by Crippen LogP contribution is -2.37. The molecule has 0 bridgehead atoms. The average molecular weight is 329 g/mol. The van der Waals surface area contributed by atoms with Crippen LogP contribution in [0.2, 0.25) is 0 Å². The van der Waals surface area contributed by atoms with E-state index in [9.17, 15) is 14.7 Å². The normalized spacial score (nSPS) is 11.5. The Morgan fingerprint density at radius 2 is 1.79 bits per heavy atom. The van der Waals surface area contributed by atoms with E-state index in [-0.39, 0.29) is 17.2 Å². The van der Waals surface area contributed by atoms with E-state index in [0.717, 1.165) is 0 Å². The molecule has 1 N–H and O–H groups in total. The van der Waals surface area contributed by atoms with Crippen molar-refractivity contribution in [3.63, 3.8) is 0 Å². The van der Waals surface area contributed by atoms with Crippen LogP contribution in [-0.4, -0.2) is 37.2 Å². The summed E-state index contributed by atoms with van der Waals surface area (Å²) in [6, 6.07) is 13.2. The van der Waals surface area contributed by atoms with Crippen molar-refractivity contribution in [2.45, 2.75) is 13.0 Å². The van der Waals surface area contributed by atoms with Crippen molar-refractivity contribution < 1.29 is 24.2 Å². The van der Waals surface area contributed by atoms with Crippen molar-refractivity contribution in [2.24, 2.45) is 0 Å². The van der Waals surface area contributed by atoms with E-state index in [1.54, 1.807) is 19.2 Å². The second-order valence-corrected chi connectivity index (χ2v) is 5.16. The lowest BCUT2D eigenvalue weighted by molar-refractivity contribution is -0.126. The molecule has 0 saturated carbocycles. The first-order valence-electron chi connectivity index (χ1n) is 7.34. The molecular weight excluding hydrogens is 310 g/mol. The van der Waals surface area contributed by atoms with E-state index >= 15 is 0 Å². The number of hydrogen-bond acceptors (Lipinski definition) is 5. The second-order valence-electron chi connectivity index (χ2n) is 5.16. The number of aromatic hydroxyl groups is 1. The van der Waals surface area contributed by atoms with Crippen molar-refractivity contribution in [3.8, 4) is 11.5 Å². The predicted octanol–water partition coefficient (Wildman–Crippen LogP) is 2.61. The molecule has 0 spiro atoms. The van der Waals surface area contributed by atoms with Crippen LogP contribution in [0.25, 0.3) is 0 Å². The Kier molecular flexibility index (Phi) is 5.42. The summed E-state index contributed by atoms with van der Waals surface area (Å²) in [4.78, 5) is 26.0. The maximum absolute atomic E-state index is 12.4. The number of benzene rings is 2. The van der Waals surface area contributed by atoms with Crippen molar-refractivity contribution in [2.75, 3.05) is 19.1 Å². The van der Waals surface area contributed by atoms with Crippen LogP contribution in [0.3, 0.4) is 0 Å². The molecule has 0 aliphatic carbocycles. The Morgan fingerprint density at radius 3 is 2.42 bits per heavy atom. The fourth-order valence-corrected chi connectivity index (χ4v) is 2.13. The number of para-hydroxylation sites is 1. The number of amides is 1. The molecule has 24 heavy (non-hydrogen) atoms. The first-order valence-corrected chi connectivity index (χ1v) is 7.34. The molecule has 2 rings (SSSR count). The third-order valence-corrected chi connectivity index (χ3v) is 3.53. The topological polar surface area (TPSA) is 76.1 Å². The Bertz CT molecular complexity index is 729. The van der Waals surface area contributed by atoms with Crippen molar-refractivity contribution in [1.29, 1.82) is 0 Å². The number of anilines is 1. The van der Waals surface area contributed by atoms with Gasteiger partial charge in [-0.15, -0.1) is 0 Å². The molecule has 6 heteroatoms. The number of phenolic OH excluding ortho intramolecular Hbond substituents is 1. The predicted molar refractivity (Wildman–Crippen MR) is 89.4 cm³/mol. The summed E-state index contributed by atoms with van der Waals surface area (Å²) < 4.78 is 10.2. The second kappa shape index (κ2) is 7.50. The molecule has 0 heterocycles. The van der Waals surface area contributed by atoms with Gasteiger partial charge in [-0.3, -0.25) is 4.79 Å². The zero-order chi connectivity index (χ0) is 17.7. The molecule has 0 aromatic heterocycles. The number of carbonyl (C=O) groups excluding carboxylic acids is 2. The van der Waals surface area contributed by atoms with Gasteiger partial charge in [-0.05, 0) is 37.3 Å². The van der Waals surface area contributed by atoms with Gasteiger partial charge < -0.3 is 19.5 Å². The Balaban J connectivity index is 2.10. The number of nitrogens with zero attached hydrogens (tertiary/aromatic N) is 1. The Morgan fingerprint density at radius 1 is 1.12 bits per heavy atom. The number of likely N-dealkylation sites (N-methyl/N-ethyl adjacent to an activating group) is 1. The molecule has 0 aliphatic rings. The van der Waals surface area contributed by atoms with Crippen molar-refractivity contribution >= 4 is 17.6 Å². The number of ether oxygens (including phenoxy) is 2. The first-order chi connectivity index (χ1) is 11.4. The minimum atomic E-state index is -1.01. The van der Waals surface area contributed by atoms with Crippen LogP contribution < -0.4 is 9.64 Å². The van der Waals surface area contributed by atoms with Crippen LogP contribution in [0.15, 0.2) is 48.5 Å². The molecule has 2 aromatic carbocycles. The molecule has 126 valence electrons. The zero-order valence-corrected chi connectivity index (χ0v) is 13.7. The SMILES string of the molecule is COc1ccc(O)c(C(=O)O[C@H](C)C(=O)N(C)c2ccccc2)c1. The van der Waals surface area contributed by atoms with Crippen molar-refractivity contribution in [3.05, 3.63) is 54.1 Å². The molecular formula is C18H19NO5. The highest BCUT2D eigenvalue weighted by molar-refractivity contribution is 5.99. The van der Waals surface area contributed by atoms with Crippen LogP contribution in [0.5, 0.6) is 11.5 Å². The molecule has 0 unspecified atom stereocenters. The summed E-state index contributed by atoms with van der Waals surface area (Å²) >= 11 is 0. The molecule has 6 nitrogen and oxygen atoms in total. The van der Waals surface area contributed by atoms with E-state index in [1.807, 2.05) is 18.2 Å². The Labute approximate surface area is 140 Å². The van der Waals surface area contributed by atoms with Crippen LogP contribution in [0.1, 0.15) is 17.3 Å². The van der Waals surface area contributed by atoms with Gasteiger partial charge >= 0.3 is 5.97 Å². The van der Waals surface area contributed by atoms with Gasteiger partial charge in [0, 0.05) is 12.7 Å². The standard InChI is InChI=1S/C18H19NO5/c1-12(17(21)19(2)13-7-5-4-6-8-13)24-18(22)15-11-14(23-3)9-10-16(15)20/h4-12,20H,1-3H3/t12-/m1/s1. The fourth-order valence-electron chi connectivity index (χ4n) is 2.13. The molecule has 1 atom stereocenters. The maximum atomic E-state index is 12.4. The number of methoxy groups -OCH3 is 1. The summed E-state index contributed by atoms with van der Waals surface area (Å²) in [5.41, 5.74) is 0.631. The summed E-state index contributed by atoms with van der Waals surface area (Å²) in [6.07, 6.45) is -1.01. The van der Waals surface area contributed by atoms with Gasteiger partial charge in [-0.2, -0.15) is 0 Å². The molecule has 0 fully saturated rings. The van der Waals surface area contributed by atoms with Gasteiger partial charge in [0.1, 0.15) is 17.1 Å². The number of hydrogen-bond donors (Lipinski definition) is 1. The lowest BCUT2D eigenvalue weighted by Gasteiger charge is -2.21. The van der Waals surface area contributed by atoms with E-state index in [4.69, 9.17) is 9.47 Å². The highest BCUT2D eigenvalue weighted by atomic mass is 16.5. The molecule has 2 aromatic rings. The first kappa shape index (κ1) is 17.3. The van der Waals surface area contributed by atoms with E-state index < -0.39 is 12.1 Å². The zero-order valence-electron chi connectivity index (χ0n) is 13.7. The summed E-state index contributed by atoms with van der Waals surface area (Å²) in [5, 5.41) is 9.79. The van der Waals surface area contributed by atoms with Gasteiger partial charge in [0.05, 0.1) is 7.11 Å². The van der Waals surface area contributed by atoms with Crippen molar-refractivity contribution in [1.82, 2.24) is 0 Å². The van der Waals surface area contributed by atoms with Gasteiger partial charge in [-0.1, -0.05) is 18.2 Å². The van der Waals surface area contributed by atoms with Crippen LogP contribution in [0.4, 0.5) is 5.69 Å².